The maximum Gasteiger partial charge on any atom is 0.232 e. The van der Waals surface area contributed by atoms with E-state index in [0.717, 1.165) is 36.4 Å². The number of aliphatic hydroxyl groups excluding tert-OH is 1. The van der Waals surface area contributed by atoms with Crippen LogP contribution >= 0.6 is 11.8 Å². The number of thioether (sulfide) groups is 1. The highest BCUT2D eigenvalue weighted by molar-refractivity contribution is 8.00. The van der Waals surface area contributed by atoms with Crippen molar-refractivity contribution in [2.24, 2.45) is 0 Å². The van der Waals surface area contributed by atoms with Crippen LogP contribution in [-0.4, -0.2) is 34.8 Å². The molecule has 2 rings (SSSR count). The van der Waals surface area contributed by atoms with Gasteiger partial charge in [0.2, 0.25) is 5.91 Å². The first-order valence-corrected chi connectivity index (χ1v) is 7.34. The third kappa shape index (κ3) is 3.50. The van der Waals surface area contributed by atoms with Crippen molar-refractivity contribution in [3.8, 4) is 0 Å². The second kappa shape index (κ2) is 6.25. The largest absolute Gasteiger partial charge is 0.389 e. The summed E-state index contributed by atoms with van der Waals surface area (Å²) in [6.07, 6.45) is 1.84. The van der Waals surface area contributed by atoms with Crippen LogP contribution in [-0.2, 0) is 4.79 Å². The summed E-state index contributed by atoms with van der Waals surface area (Å²) < 4.78 is 0. The zero-order valence-electron chi connectivity index (χ0n) is 10.6. The van der Waals surface area contributed by atoms with Crippen molar-refractivity contribution in [1.82, 2.24) is 4.90 Å². The Kier molecular flexibility index (Phi) is 4.66. The van der Waals surface area contributed by atoms with Crippen LogP contribution in [0.25, 0.3) is 0 Å². The van der Waals surface area contributed by atoms with Crippen LogP contribution in [0.5, 0.6) is 0 Å². The molecule has 1 aromatic rings. The molecule has 1 heterocycles. The standard InChI is InChI=1S/C14H19NO2S/c1-11(16)12-4-6-13(7-5-12)18-10-14(17)15-8-2-3-9-15/h4-7,11,16H,2-3,8-10H2,1H3/t11-/m1/s1. The van der Waals surface area contributed by atoms with Gasteiger partial charge in [-0.3, -0.25) is 4.79 Å². The summed E-state index contributed by atoms with van der Waals surface area (Å²) in [5, 5.41) is 9.41. The second-order valence-corrected chi connectivity index (χ2v) is 5.67. The van der Waals surface area contributed by atoms with Gasteiger partial charge in [0, 0.05) is 18.0 Å². The molecular formula is C14H19NO2S. The van der Waals surface area contributed by atoms with Crippen LogP contribution in [0.3, 0.4) is 0 Å². The Bertz CT molecular complexity index is 397. The lowest BCUT2D eigenvalue weighted by molar-refractivity contribution is -0.127. The molecule has 1 amide bonds. The van der Waals surface area contributed by atoms with Crippen molar-refractivity contribution in [2.75, 3.05) is 18.8 Å². The molecule has 18 heavy (non-hydrogen) atoms. The third-order valence-electron chi connectivity index (χ3n) is 3.18. The number of rotatable bonds is 4. The molecule has 0 aliphatic carbocycles. The Hall–Kier alpha value is -1.00. The molecule has 1 atom stereocenters. The average molecular weight is 265 g/mol. The van der Waals surface area contributed by atoms with E-state index in [1.54, 1.807) is 18.7 Å². The normalized spacial score (nSPS) is 16.9. The van der Waals surface area contributed by atoms with Gasteiger partial charge in [-0.2, -0.15) is 0 Å². The highest BCUT2D eigenvalue weighted by Gasteiger charge is 2.17. The van der Waals surface area contributed by atoms with E-state index in [2.05, 4.69) is 0 Å². The quantitative estimate of drug-likeness (QED) is 0.850. The summed E-state index contributed by atoms with van der Waals surface area (Å²) in [7, 11) is 0. The summed E-state index contributed by atoms with van der Waals surface area (Å²) in [5.41, 5.74) is 0.908. The van der Waals surface area contributed by atoms with Crippen LogP contribution in [0.15, 0.2) is 29.2 Å². The Morgan fingerprint density at radius 2 is 1.94 bits per heavy atom. The molecule has 3 nitrogen and oxygen atoms in total. The fraction of sp³-hybridized carbons (Fsp3) is 0.500. The van der Waals surface area contributed by atoms with E-state index in [9.17, 15) is 9.90 Å². The molecule has 0 saturated carbocycles. The zero-order valence-corrected chi connectivity index (χ0v) is 11.4. The number of aliphatic hydroxyl groups is 1. The minimum absolute atomic E-state index is 0.233. The van der Waals surface area contributed by atoms with E-state index in [0.29, 0.717) is 5.75 Å². The van der Waals surface area contributed by atoms with Crippen molar-refractivity contribution in [1.29, 1.82) is 0 Å². The summed E-state index contributed by atoms with van der Waals surface area (Å²) in [6.45, 7) is 3.58. The second-order valence-electron chi connectivity index (χ2n) is 4.62. The topological polar surface area (TPSA) is 40.5 Å². The predicted molar refractivity (Wildman–Crippen MR) is 73.6 cm³/mol. The number of amides is 1. The van der Waals surface area contributed by atoms with Crippen molar-refractivity contribution >= 4 is 17.7 Å². The minimum Gasteiger partial charge on any atom is -0.389 e. The lowest BCUT2D eigenvalue weighted by atomic mass is 10.1. The fourth-order valence-electron chi connectivity index (χ4n) is 2.05. The SMILES string of the molecule is C[C@@H](O)c1ccc(SCC(=O)N2CCCC2)cc1. The van der Waals surface area contributed by atoms with E-state index in [-0.39, 0.29) is 5.91 Å². The first-order chi connectivity index (χ1) is 8.66. The van der Waals surface area contributed by atoms with Gasteiger partial charge >= 0.3 is 0 Å². The molecule has 4 heteroatoms. The molecule has 0 spiro atoms. The van der Waals surface area contributed by atoms with Crippen LogP contribution in [0.4, 0.5) is 0 Å². The van der Waals surface area contributed by atoms with Crippen LogP contribution in [0.2, 0.25) is 0 Å². The van der Waals surface area contributed by atoms with Gasteiger partial charge in [-0.1, -0.05) is 12.1 Å². The highest BCUT2D eigenvalue weighted by atomic mass is 32.2. The smallest absolute Gasteiger partial charge is 0.232 e. The number of likely N-dealkylation sites (tertiary alicyclic amines) is 1. The van der Waals surface area contributed by atoms with Crippen molar-refractivity contribution in [3.63, 3.8) is 0 Å². The Morgan fingerprint density at radius 1 is 1.33 bits per heavy atom. The molecule has 1 N–H and O–H groups in total. The summed E-state index contributed by atoms with van der Waals surface area (Å²) in [4.78, 5) is 14.9. The number of carbonyl (C=O) groups is 1. The van der Waals surface area contributed by atoms with Crippen molar-refractivity contribution < 1.29 is 9.90 Å². The summed E-state index contributed by atoms with van der Waals surface area (Å²) in [6, 6.07) is 7.74. The number of nitrogens with zero attached hydrogens (tertiary/aromatic N) is 1. The van der Waals surface area contributed by atoms with E-state index in [1.807, 2.05) is 29.2 Å². The molecule has 1 saturated heterocycles. The van der Waals surface area contributed by atoms with Crippen molar-refractivity contribution in [3.05, 3.63) is 29.8 Å². The van der Waals surface area contributed by atoms with Gasteiger partial charge in [-0.05, 0) is 37.5 Å². The molecule has 1 aliphatic rings. The monoisotopic (exact) mass is 265 g/mol. The van der Waals surface area contributed by atoms with Gasteiger partial charge in [-0.15, -0.1) is 11.8 Å². The number of benzene rings is 1. The average Bonchev–Trinajstić information content (AvgIpc) is 2.90. The molecular weight excluding hydrogens is 246 g/mol. The van der Waals surface area contributed by atoms with Gasteiger partial charge < -0.3 is 10.0 Å². The summed E-state index contributed by atoms with van der Waals surface area (Å²) in [5.74, 6) is 0.741. The zero-order chi connectivity index (χ0) is 13.0. The van der Waals surface area contributed by atoms with E-state index in [1.165, 1.54) is 0 Å². The fourth-order valence-corrected chi connectivity index (χ4v) is 2.85. The predicted octanol–water partition coefficient (Wildman–Crippen LogP) is 2.45. The number of hydrogen-bond donors (Lipinski definition) is 1. The molecule has 0 aromatic heterocycles. The molecule has 1 aliphatic heterocycles. The third-order valence-corrected chi connectivity index (χ3v) is 4.18. The van der Waals surface area contributed by atoms with Crippen LogP contribution in [0, 0.1) is 0 Å². The summed E-state index contributed by atoms with van der Waals surface area (Å²) >= 11 is 1.56. The highest BCUT2D eigenvalue weighted by Crippen LogP contribution is 2.22. The molecule has 0 radical (unpaired) electrons. The number of hydrogen-bond acceptors (Lipinski definition) is 3. The lowest BCUT2D eigenvalue weighted by Crippen LogP contribution is -2.29. The first-order valence-electron chi connectivity index (χ1n) is 6.35. The molecule has 0 unspecified atom stereocenters. The molecule has 98 valence electrons. The van der Waals surface area contributed by atoms with Gasteiger partial charge in [-0.25, -0.2) is 0 Å². The van der Waals surface area contributed by atoms with Gasteiger partial charge in [0.05, 0.1) is 11.9 Å². The van der Waals surface area contributed by atoms with E-state index >= 15 is 0 Å². The lowest BCUT2D eigenvalue weighted by Gasteiger charge is -2.14. The van der Waals surface area contributed by atoms with E-state index < -0.39 is 6.10 Å². The molecule has 1 aromatic carbocycles. The molecule has 0 bridgehead atoms. The molecule has 1 fully saturated rings. The van der Waals surface area contributed by atoms with Gasteiger partial charge in [0.25, 0.3) is 0 Å². The maximum atomic E-state index is 11.9. The van der Waals surface area contributed by atoms with Crippen LogP contribution in [0.1, 0.15) is 31.4 Å². The van der Waals surface area contributed by atoms with Gasteiger partial charge in [0.15, 0.2) is 0 Å². The Balaban J connectivity index is 1.84. The van der Waals surface area contributed by atoms with E-state index in [4.69, 9.17) is 0 Å². The van der Waals surface area contributed by atoms with Gasteiger partial charge in [0.1, 0.15) is 0 Å². The first kappa shape index (κ1) is 13.4. The number of carbonyl (C=O) groups excluding carboxylic acids is 1. The Labute approximate surface area is 112 Å². The maximum absolute atomic E-state index is 11.9. The minimum atomic E-state index is -0.435. The van der Waals surface area contributed by atoms with Crippen LogP contribution < -0.4 is 0 Å². The Morgan fingerprint density at radius 3 is 2.50 bits per heavy atom. The van der Waals surface area contributed by atoms with Crippen molar-refractivity contribution in [2.45, 2.75) is 30.8 Å².